The molecule has 0 saturated carbocycles. The molecule has 1 unspecified atom stereocenters. The largest absolute Gasteiger partial charge is 0.507 e. The van der Waals surface area contributed by atoms with Gasteiger partial charge < -0.3 is 19.5 Å². The number of hydrogen-bond acceptors (Lipinski definition) is 6. The van der Waals surface area contributed by atoms with Gasteiger partial charge in [-0.15, -0.1) is 0 Å². The van der Waals surface area contributed by atoms with Gasteiger partial charge in [-0.2, -0.15) is 0 Å². The predicted octanol–water partition coefficient (Wildman–Crippen LogP) is 4.50. The predicted molar refractivity (Wildman–Crippen MR) is 127 cm³/mol. The molecule has 2 aromatic carbocycles. The number of aliphatic hydroxyl groups is 1. The van der Waals surface area contributed by atoms with Gasteiger partial charge in [-0.3, -0.25) is 14.6 Å². The molecule has 1 amide bonds. The van der Waals surface area contributed by atoms with Crippen LogP contribution in [0.1, 0.15) is 36.6 Å². The molecule has 1 N–H and O–H groups in total. The lowest BCUT2D eigenvalue weighted by molar-refractivity contribution is -0.140. The van der Waals surface area contributed by atoms with Crippen molar-refractivity contribution in [1.29, 1.82) is 0 Å². The van der Waals surface area contributed by atoms with Crippen molar-refractivity contribution in [2.24, 2.45) is 0 Å². The zero-order valence-electron chi connectivity index (χ0n) is 19.1. The highest BCUT2D eigenvalue weighted by molar-refractivity contribution is 6.46. The molecule has 7 nitrogen and oxygen atoms in total. The summed E-state index contributed by atoms with van der Waals surface area (Å²) < 4.78 is 11.4. The number of ether oxygens (including phenoxy) is 2. The van der Waals surface area contributed by atoms with E-state index in [4.69, 9.17) is 9.47 Å². The lowest BCUT2D eigenvalue weighted by atomic mass is 9.95. The van der Waals surface area contributed by atoms with Crippen molar-refractivity contribution in [3.8, 4) is 11.5 Å². The Bertz CT molecular complexity index is 1210. The fourth-order valence-electron chi connectivity index (χ4n) is 4.07. The fraction of sp³-hybridized carbons (Fsp3) is 0.222. The SMILES string of the molecule is CCOc1ccc(C2/C(=C(\O)c3ccccc3)C(=O)C(=O)N2Cc2cccnc2)cc1OCC. The molecular formula is C27H26N2O5. The highest BCUT2D eigenvalue weighted by Gasteiger charge is 2.46. The summed E-state index contributed by atoms with van der Waals surface area (Å²) in [6.45, 7) is 4.79. The Labute approximate surface area is 198 Å². The summed E-state index contributed by atoms with van der Waals surface area (Å²) in [7, 11) is 0. The van der Waals surface area contributed by atoms with Gasteiger partial charge in [0.25, 0.3) is 11.7 Å². The quantitative estimate of drug-likeness (QED) is 0.304. The first-order valence-corrected chi connectivity index (χ1v) is 11.2. The molecule has 7 heteroatoms. The maximum Gasteiger partial charge on any atom is 0.295 e. The second-order valence-corrected chi connectivity index (χ2v) is 7.73. The zero-order valence-corrected chi connectivity index (χ0v) is 19.1. The van der Waals surface area contributed by atoms with Crippen LogP contribution in [0.5, 0.6) is 11.5 Å². The Morgan fingerprint density at radius 3 is 2.38 bits per heavy atom. The van der Waals surface area contributed by atoms with E-state index in [9.17, 15) is 14.7 Å². The third-order valence-electron chi connectivity index (χ3n) is 5.55. The average Bonchev–Trinajstić information content (AvgIpc) is 3.11. The molecule has 0 spiro atoms. The number of likely N-dealkylation sites (tertiary alicyclic amines) is 1. The normalized spacial score (nSPS) is 17.1. The molecule has 1 atom stereocenters. The van der Waals surface area contributed by atoms with Crippen LogP contribution < -0.4 is 9.47 Å². The van der Waals surface area contributed by atoms with E-state index in [1.54, 1.807) is 60.9 Å². The fourth-order valence-corrected chi connectivity index (χ4v) is 4.07. The van der Waals surface area contributed by atoms with Crippen LogP contribution in [0.4, 0.5) is 0 Å². The van der Waals surface area contributed by atoms with Crippen LogP contribution >= 0.6 is 0 Å². The molecule has 1 aliphatic heterocycles. The Hall–Kier alpha value is -4.13. The standard InChI is InChI=1S/C27H26N2O5/c1-3-33-21-13-12-20(15-22(21)34-4-2)24-23(25(30)19-10-6-5-7-11-19)26(31)27(32)29(24)17-18-9-8-14-28-16-18/h5-16,24,30H,3-4,17H2,1-2H3/b25-23+. The molecule has 0 bridgehead atoms. The summed E-state index contributed by atoms with van der Waals surface area (Å²) in [5.41, 5.74) is 1.90. The molecule has 0 radical (unpaired) electrons. The van der Waals surface area contributed by atoms with Crippen molar-refractivity contribution in [2.45, 2.75) is 26.4 Å². The van der Waals surface area contributed by atoms with E-state index < -0.39 is 17.7 Å². The van der Waals surface area contributed by atoms with E-state index in [1.165, 1.54) is 4.90 Å². The second kappa shape index (κ2) is 10.2. The number of Topliss-reactive ketones (excluding diaryl/α,β-unsaturated/α-hetero) is 1. The number of ketones is 1. The number of aliphatic hydroxyl groups excluding tert-OH is 1. The summed E-state index contributed by atoms with van der Waals surface area (Å²) in [4.78, 5) is 32.0. The number of carbonyl (C=O) groups excluding carboxylic acids is 2. The van der Waals surface area contributed by atoms with Gasteiger partial charge in [-0.25, -0.2) is 0 Å². The Balaban J connectivity index is 1.87. The number of pyridine rings is 1. The van der Waals surface area contributed by atoms with Gasteiger partial charge in [0.1, 0.15) is 5.76 Å². The van der Waals surface area contributed by atoms with E-state index in [-0.39, 0.29) is 17.9 Å². The Morgan fingerprint density at radius 1 is 0.971 bits per heavy atom. The van der Waals surface area contributed by atoms with Crippen molar-refractivity contribution < 1.29 is 24.2 Å². The van der Waals surface area contributed by atoms with Gasteiger partial charge >= 0.3 is 0 Å². The highest BCUT2D eigenvalue weighted by atomic mass is 16.5. The lowest BCUT2D eigenvalue weighted by Crippen LogP contribution is -2.29. The minimum absolute atomic E-state index is 0.0340. The topological polar surface area (TPSA) is 89.0 Å². The minimum Gasteiger partial charge on any atom is -0.507 e. The zero-order chi connectivity index (χ0) is 24.1. The first-order valence-electron chi connectivity index (χ1n) is 11.2. The van der Waals surface area contributed by atoms with Gasteiger partial charge in [0.05, 0.1) is 24.8 Å². The van der Waals surface area contributed by atoms with Crippen LogP contribution in [-0.4, -0.2) is 39.9 Å². The molecule has 1 aliphatic rings. The molecule has 3 aromatic rings. The molecule has 1 saturated heterocycles. The van der Waals surface area contributed by atoms with Gasteiger partial charge in [0, 0.05) is 24.5 Å². The van der Waals surface area contributed by atoms with Crippen molar-refractivity contribution in [3.63, 3.8) is 0 Å². The number of carbonyl (C=O) groups is 2. The Morgan fingerprint density at radius 2 is 1.71 bits per heavy atom. The summed E-state index contributed by atoms with van der Waals surface area (Å²) in [6, 6.07) is 16.9. The van der Waals surface area contributed by atoms with Gasteiger partial charge in [0.15, 0.2) is 11.5 Å². The van der Waals surface area contributed by atoms with Crippen LogP contribution in [0, 0.1) is 0 Å². The number of benzene rings is 2. The smallest absolute Gasteiger partial charge is 0.295 e. The molecular weight excluding hydrogens is 432 g/mol. The highest BCUT2D eigenvalue weighted by Crippen LogP contribution is 2.42. The number of rotatable bonds is 8. The Kier molecular flexibility index (Phi) is 6.92. The van der Waals surface area contributed by atoms with Crippen LogP contribution in [0.2, 0.25) is 0 Å². The molecule has 0 aliphatic carbocycles. The van der Waals surface area contributed by atoms with Gasteiger partial charge in [0.2, 0.25) is 0 Å². The molecule has 34 heavy (non-hydrogen) atoms. The van der Waals surface area contributed by atoms with Crippen molar-refractivity contribution in [2.75, 3.05) is 13.2 Å². The summed E-state index contributed by atoms with van der Waals surface area (Å²) in [5, 5.41) is 11.1. The van der Waals surface area contributed by atoms with E-state index in [2.05, 4.69) is 4.98 Å². The molecule has 1 fully saturated rings. The molecule has 2 heterocycles. The summed E-state index contributed by atoms with van der Waals surface area (Å²) in [6.07, 6.45) is 3.29. The van der Waals surface area contributed by atoms with E-state index >= 15 is 0 Å². The maximum atomic E-state index is 13.2. The molecule has 4 rings (SSSR count). The maximum absolute atomic E-state index is 13.2. The molecule has 1 aromatic heterocycles. The van der Waals surface area contributed by atoms with E-state index in [1.807, 2.05) is 26.0 Å². The summed E-state index contributed by atoms with van der Waals surface area (Å²) >= 11 is 0. The first-order chi connectivity index (χ1) is 16.5. The van der Waals surface area contributed by atoms with Crippen molar-refractivity contribution >= 4 is 17.4 Å². The number of aromatic nitrogens is 1. The van der Waals surface area contributed by atoms with E-state index in [0.717, 1.165) is 5.56 Å². The van der Waals surface area contributed by atoms with Crippen molar-refractivity contribution in [3.05, 3.63) is 95.3 Å². The average molecular weight is 459 g/mol. The molecule has 174 valence electrons. The van der Waals surface area contributed by atoms with Crippen LogP contribution in [0.25, 0.3) is 5.76 Å². The van der Waals surface area contributed by atoms with Crippen molar-refractivity contribution in [1.82, 2.24) is 9.88 Å². The summed E-state index contributed by atoms with van der Waals surface area (Å²) in [5.74, 6) is -0.557. The lowest BCUT2D eigenvalue weighted by Gasteiger charge is -2.26. The first kappa shape index (κ1) is 23.0. The van der Waals surface area contributed by atoms with Gasteiger partial charge in [-0.1, -0.05) is 42.5 Å². The third-order valence-corrected chi connectivity index (χ3v) is 5.55. The van der Waals surface area contributed by atoms with Gasteiger partial charge in [-0.05, 0) is 43.2 Å². The van der Waals surface area contributed by atoms with Crippen LogP contribution in [-0.2, 0) is 16.1 Å². The monoisotopic (exact) mass is 458 g/mol. The minimum atomic E-state index is -0.810. The number of hydrogen-bond donors (Lipinski definition) is 1. The second-order valence-electron chi connectivity index (χ2n) is 7.73. The number of amides is 1. The van der Waals surface area contributed by atoms with Crippen LogP contribution in [0.3, 0.4) is 0 Å². The third kappa shape index (κ3) is 4.50. The number of nitrogens with zero attached hydrogens (tertiary/aromatic N) is 2. The van der Waals surface area contributed by atoms with E-state index in [0.29, 0.717) is 35.8 Å². The van der Waals surface area contributed by atoms with Crippen LogP contribution in [0.15, 0.2) is 78.6 Å².